The molecule has 46 heavy (non-hydrogen) atoms. The molecule has 0 aliphatic heterocycles. The van der Waals surface area contributed by atoms with Gasteiger partial charge in [0.05, 0.1) is 0 Å². The molecule has 0 aromatic rings. The van der Waals surface area contributed by atoms with Gasteiger partial charge in [-0.05, 0) is 103 Å². The minimum atomic E-state index is -0.0248. The van der Waals surface area contributed by atoms with Crippen LogP contribution in [0, 0.1) is 0 Å². The van der Waals surface area contributed by atoms with E-state index in [9.17, 15) is 4.79 Å². The minimum absolute atomic E-state index is 0.0248. The van der Waals surface area contributed by atoms with Crippen molar-refractivity contribution in [3.05, 3.63) is 24.3 Å². The van der Waals surface area contributed by atoms with Crippen LogP contribution in [0.1, 0.15) is 168 Å². The molecule has 0 saturated heterocycles. The molecule has 0 rings (SSSR count). The molecule has 0 aromatic carbocycles. The molecule has 0 aromatic heterocycles. The second kappa shape index (κ2) is 37.3. The summed E-state index contributed by atoms with van der Waals surface area (Å²) in [6.07, 6.45) is 39.3. The van der Waals surface area contributed by atoms with Crippen molar-refractivity contribution in [1.82, 2.24) is 4.90 Å². The Morgan fingerprint density at radius 2 is 1.04 bits per heavy atom. The standard InChI is InChI=1S/C39H73N3O4/c1-5-7-9-21-27-36-44-40-33-25-19-15-11-13-17-23-30-38(46-39(43)32-29-35-42(3)4)31-24-18-14-12-16-20-26-34-41-45-37-28-22-10-8-6-2/h21-22,27-28,33-34,38H,5-20,23-26,29-32,35-37H2,1-4H3/b27-21+,28-22+,40-33-,41-34-. The Kier molecular flexibility index (Phi) is 35.6. The number of hydrogen-bond donors (Lipinski definition) is 0. The monoisotopic (exact) mass is 648 g/mol. The Hall–Kier alpha value is -2.15. The fourth-order valence-electron chi connectivity index (χ4n) is 5.07. The maximum atomic E-state index is 12.5. The Bertz CT molecular complexity index is 704. The van der Waals surface area contributed by atoms with Crippen molar-refractivity contribution >= 4 is 18.4 Å². The second-order valence-corrected chi connectivity index (χ2v) is 12.8. The highest BCUT2D eigenvalue weighted by Gasteiger charge is 2.14. The third-order valence-electron chi connectivity index (χ3n) is 7.92. The first-order valence-electron chi connectivity index (χ1n) is 19.0. The van der Waals surface area contributed by atoms with Gasteiger partial charge in [-0.2, -0.15) is 0 Å². The van der Waals surface area contributed by atoms with Crippen molar-refractivity contribution in [2.45, 2.75) is 174 Å². The van der Waals surface area contributed by atoms with Crippen molar-refractivity contribution < 1.29 is 19.2 Å². The number of oxime groups is 2. The minimum Gasteiger partial charge on any atom is -0.462 e. The van der Waals surface area contributed by atoms with E-state index in [1.54, 1.807) is 0 Å². The average Bonchev–Trinajstić information content (AvgIpc) is 3.04. The largest absolute Gasteiger partial charge is 0.462 e. The summed E-state index contributed by atoms with van der Waals surface area (Å²) in [4.78, 5) is 25.2. The number of nitrogens with zero attached hydrogens (tertiary/aromatic N) is 3. The molecule has 0 saturated carbocycles. The summed E-state index contributed by atoms with van der Waals surface area (Å²) in [6.45, 7) is 6.46. The van der Waals surface area contributed by atoms with Gasteiger partial charge < -0.3 is 19.3 Å². The predicted octanol–water partition coefficient (Wildman–Crippen LogP) is 11.0. The first-order valence-corrected chi connectivity index (χ1v) is 19.0. The fourth-order valence-corrected chi connectivity index (χ4v) is 5.07. The normalized spacial score (nSPS) is 12.2. The van der Waals surface area contributed by atoms with E-state index in [2.05, 4.69) is 53.4 Å². The van der Waals surface area contributed by atoms with Crippen LogP contribution in [0.15, 0.2) is 34.6 Å². The van der Waals surface area contributed by atoms with Crippen LogP contribution in [0.25, 0.3) is 0 Å². The van der Waals surface area contributed by atoms with Crippen LogP contribution in [-0.4, -0.2) is 63.3 Å². The molecular formula is C39H73N3O4. The van der Waals surface area contributed by atoms with Gasteiger partial charge >= 0.3 is 5.97 Å². The maximum absolute atomic E-state index is 12.5. The number of unbranched alkanes of at least 4 members (excludes halogenated alkanes) is 16. The second-order valence-electron chi connectivity index (χ2n) is 12.8. The van der Waals surface area contributed by atoms with E-state index >= 15 is 0 Å². The van der Waals surface area contributed by atoms with Crippen molar-refractivity contribution in [3.63, 3.8) is 0 Å². The Labute approximate surface area is 284 Å². The lowest BCUT2D eigenvalue weighted by Gasteiger charge is -2.18. The van der Waals surface area contributed by atoms with Crippen molar-refractivity contribution in [3.8, 4) is 0 Å². The van der Waals surface area contributed by atoms with Gasteiger partial charge in [0.15, 0.2) is 0 Å². The zero-order chi connectivity index (χ0) is 33.6. The van der Waals surface area contributed by atoms with E-state index < -0.39 is 0 Å². The number of rotatable bonds is 35. The molecule has 0 aliphatic carbocycles. The Morgan fingerprint density at radius 3 is 1.50 bits per heavy atom. The lowest BCUT2D eigenvalue weighted by molar-refractivity contribution is -0.150. The Balaban J connectivity index is 4.00. The number of hydrogen-bond acceptors (Lipinski definition) is 7. The van der Waals surface area contributed by atoms with Crippen LogP contribution in [0.5, 0.6) is 0 Å². The summed E-state index contributed by atoms with van der Waals surface area (Å²) >= 11 is 0. The van der Waals surface area contributed by atoms with Crippen molar-refractivity contribution in [2.24, 2.45) is 10.3 Å². The van der Waals surface area contributed by atoms with E-state index in [-0.39, 0.29) is 12.1 Å². The van der Waals surface area contributed by atoms with Gasteiger partial charge in [0.25, 0.3) is 0 Å². The molecule has 0 unspecified atom stereocenters. The third kappa shape index (κ3) is 36.3. The predicted molar refractivity (Wildman–Crippen MR) is 198 cm³/mol. The summed E-state index contributed by atoms with van der Waals surface area (Å²) in [5.74, 6) is -0.0248. The summed E-state index contributed by atoms with van der Waals surface area (Å²) in [6, 6.07) is 0. The molecule has 0 aliphatic rings. The highest BCUT2D eigenvalue weighted by Crippen LogP contribution is 2.18. The molecule has 0 spiro atoms. The zero-order valence-corrected chi connectivity index (χ0v) is 30.6. The molecule has 0 heterocycles. The summed E-state index contributed by atoms with van der Waals surface area (Å²) in [5.41, 5.74) is 0. The summed E-state index contributed by atoms with van der Waals surface area (Å²) in [7, 11) is 4.09. The van der Waals surface area contributed by atoms with Gasteiger partial charge in [0.1, 0.15) is 19.3 Å². The smallest absolute Gasteiger partial charge is 0.306 e. The lowest BCUT2D eigenvalue weighted by Crippen LogP contribution is -2.20. The number of carbonyl (C=O) groups excluding carboxylic acids is 1. The van der Waals surface area contributed by atoms with Crippen LogP contribution < -0.4 is 0 Å². The molecule has 0 amide bonds. The number of carbonyl (C=O) groups is 1. The molecule has 0 fully saturated rings. The van der Waals surface area contributed by atoms with E-state index in [0.29, 0.717) is 19.6 Å². The average molecular weight is 648 g/mol. The highest BCUT2D eigenvalue weighted by molar-refractivity contribution is 5.69. The van der Waals surface area contributed by atoms with Gasteiger partial charge in [-0.15, -0.1) is 0 Å². The molecule has 0 bridgehead atoms. The molecule has 268 valence electrons. The fraction of sp³-hybridized carbons (Fsp3) is 0.821. The van der Waals surface area contributed by atoms with Gasteiger partial charge in [-0.25, -0.2) is 0 Å². The number of esters is 1. The van der Waals surface area contributed by atoms with Crippen molar-refractivity contribution in [1.29, 1.82) is 0 Å². The van der Waals surface area contributed by atoms with Gasteiger partial charge in [0, 0.05) is 18.9 Å². The van der Waals surface area contributed by atoms with Gasteiger partial charge in [-0.3, -0.25) is 4.79 Å². The van der Waals surface area contributed by atoms with Crippen molar-refractivity contribution in [2.75, 3.05) is 33.9 Å². The van der Waals surface area contributed by atoms with E-state index in [1.807, 2.05) is 26.5 Å². The lowest BCUT2D eigenvalue weighted by atomic mass is 10.0. The molecule has 0 N–H and O–H groups in total. The van der Waals surface area contributed by atoms with Gasteiger partial charge in [-0.1, -0.05) is 113 Å². The van der Waals surface area contributed by atoms with Gasteiger partial charge in [0.2, 0.25) is 0 Å². The molecule has 0 atom stereocenters. The third-order valence-corrected chi connectivity index (χ3v) is 7.92. The SMILES string of the molecule is CCCC/C=C/CO/N=C\CCCCCCCCC(CCCCCCCC/C=N\OC/C=C/CCCC)OC(=O)CCCN(C)C. The summed E-state index contributed by atoms with van der Waals surface area (Å²) in [5, 5.41) is 8.10. The van der Waals surface area contributed by atoms with E-state index in [1.165, 1.54) is 77.0 Å². The molecule has 7 nitrogen and oxygen atoms in total. The first kappa shape index (κ1) is 43.9. The van der Waals surface area contributed by atoms with E-state index in [0.717, 1.165) is 77.2 Å². The zero-order valence-electron chi connectivity index (χ0n) is 30.6. The van der Waals surface area contributed by atoms with Crippen LogP contribution >= 0.6 is 0 Å². The first-order chi connectivity index (χ1) is 22.6. The van der Waals surface area contributed by atoms with Crippen LogP contribution in [0.3, 0.4) is 0 Å². The summed E-state index contributed by atoms with van der Waals surface area (Å²) < 4.78 is 5.96. The van der Waals surface area contributed by atoms with Crippen LogP contribution in [0.2, 0.25) is 0 Å². The highest BCUT2D eigenvalue weighted by atomic mass is 16.6. The van der Waals surface area contributed by atoms with E-state index in [4.69, 9.17) is 14.4 Å². The Morgan fingerprint density at radius 1 is 0.587 bits per heavy atom. The quantitative estimate of drug-likeness (QED) is 0.0225. The molecule has 0 radical (unpaired) electrons. The molecular weight excluding hydrogens is 574 g/mol. The number of allylic oxidation sites excluding steroid dienone is 2. The topological polar surface area (TPSA) is 72.7 Å². The maximum Gasteiger partial charge on any atom is 0.306 e. The molecule has 7 heteroatoms. The number of ether oxygens (including phenoxy) is 1. The van der Waals surface area contributed by atoms with Crippen LogP contribution in [-0.2, 0) is 19.2 Å². The van der Waals surface area contributed by atoms with Crippen LogP contribution in [0.4, 0.5) is 0 Å².